The topological polar surface area (TPSA) is 67.2 Å². The normalized spacial score (nSPS) is 16.6. The Labute approximate surface area is 180 Å². The monoisotopic (exact) mass is 420 g/mol. The third-order valence-corrected chi connectivity index (χ3v) is 6.01. The Morgan fingerprint density at radius 1 is 1.10 bits per heavy atom. The van der Waals surface area contributed by atoms with E-state index in [0.29, 0.717) is 43.6 Å². The molecule has 1 aromatic carbocycles. The molecule has 3 aromatic rings. The molecule has 2 aromatic heterocycles. The number of aryl methyl sites for hydroxylation is 1. The van der Waals surface area contributed by atoms with Crippen LogP contribution in [0.5, 0.6) is 0 Å². The van der Waals surface area contributed by atoms with Crippen LogP contribution < -0.4 is 4.90 Å². The average molecular weight is 420 g/mol. The van der Waals surface area contributed by atoms with Crippen molar-refractivity contribution in [2.75, 3.05) is 31.1 Å². The predicted molar refractivity (Wildman–Crippen MR) is 115 cm³/mol. The lowest BCUT2D eigenvalue weighted by Gasteiger charge is -2.34. The number of carbonyl (C=O) groups excluding carboxylic acids is 1. The van der Waals surface area contributed by atoms with Crippen LogP contribution in [-0.4, -0.2) is 56.7 Å². The molecule has 2 fully saturated rings. The van der Waals surface area contributed by atoms with Crippen molar-refractivity contribution in [3.8, 4) is 11.3 Å². The number of amides is 1. The van der Waals surface area contributed by atoms with Crippen molar-refractivity contribution in [1.82, 2.24) is 24.6 Å². The van der Waals surface area contributed by atoms with Crippen LogP contribution >= 0.6 is 0 Å². The average Bonchev–Trinajstić information content (AvgIpc) is 3.56. The molecule has 0 radical (unpaired) electrons. The van der Waals surface area contributed by atoms with Gasteiger partial charge in [-0.05, 0) is 55.7 Å². The molecule has 7 nitrogen and oxygen atoms in total. The van der Waals surface area contributed by atoms with Crippen LogP contribution in [0.2, 0.25) is 0 Å². The van der Waals surface area contributed by atoms with E-state index in [9.17, 15) is 9.18 Å². The van der Waals surface area contributed by atoms with Gasteiger partial charge in [-0.15, -0.1) is 0 Å². The van der Waals surface area contributed by atoms with Gasteiger partial charge in [-0.2, -0.15) is 5.10 Å². The molecule has 1 saturated carbocycles. The maximum atomic E-state index is 13.7. The Kier molecular flexibility index (Phi) is 5.13. The molecule has 31 heavy (non-hydrogen) atoms. The summed E-state index contributed by atoms with van der Waals surface area (Å²) in [6.45, 7) is 4.69. The van der Waals surface area contributed by atoms with E-state index in [1.807, 2.05) is 15.6 Å². The highest BCUT2D eigenvalue weighted by molar-refractivity contribution is 5.76. The van der Waals surface area contributed by atoms with E-state index in [-0.39, 0.29) is 18.3 Å². The van der Waals surface area contributed by atoms with Crippen molar-refractivity contribution < 1.29 is 9.18 Å². The Morgan fingerprint density at radius 2 is 1.84 bits per heavy atom. The molecule has 2 aliphatic rings. The van der Waals surface area contributed by atoms with E-state index >= 15 is 0 Å². The first-order valence-electron chi connectivity index (χ1n) is 10.7. The van der Waals surface area contributed by atoms with Crippen molar-refractivity contribution in [3.63, 3.8) is 0 Å². The lowest BCUT2D eigenvalue weighted by molar-refractivity contribution is -0.132. The summed E-state index contributed by atoms with van der Waals surface area (Å²) in [4.78, 5) is 25.6. The molecule has 160 valence electrons. The number of hydrogen-bond donors (Lipinski definition) is 0. The fraction of sp³-hybridized carbons (Fsp3) is 0.391. The number of benzene rings is 1. The summed E-state index contributed by atoms with van der Waals surface area (Å²) in [5.41, 5.74) is 3.37. The van der Waals surface area contributed by atoms with Crippen molar-refractivity contribution in [2.24, 2.45) is 0 Å². The second-order valence-electron chi connectivity index (χ2n) is 8.27. The summed E-state index contributed by atoms with van der Waals surface area (Å²) in [7, 11) is 0. The van der Waals surface area contributed by atoms with Gasteiger partial charge in [-0.3, -0.25) is 9.48 Å². The Hall–Kier alpha value is -3.29. The highest BCUT2D eigenvalue weighted by Gasteiger charge is 2.30. The number of anilines is 1. The fourth-order valence-electron chi connectivity index (χ4n) is 4.05. The van der Waals surface area contributed by atoms with Crippen LogP contribution in [0.25, 0.3) is 11.3 Å². The summed E-state index contributed by atoms with van der Waals surface area (Å²) in [5, 5.41) is 4.73. The summed E-state index contributed by atoms with van der Waals surface area (Å²) < 4.78 is 15.5. The third-order valence-electron chi connectivity index (χ3n) is 6.01. The smallest absolute Gasteiger partial charge is 0.244 e. The molecule has 0 atom stereocenters. The summed E-state index contributed by atoms with van der Waals surface area (Å²) in [5.74, 6) is 1.01. The number of nitrogens with zero attached hydrogens (tertiary/aromatic N) is 6. The quantitative estimate of drug-likeness (QED) is 0.635. The second-order valence-corrected chi connectivity index (χ2v) is 8.27. The van der Waals surface area contributed by atoms with Crippen LogP contribution in [0.4, 0.5) is 10.3 Å². The molecule has 0 N–H and O–H groups in total. The minimum atomic E-state index is -0.221. The number of piperazine rings is 1. The molecule has 8 heteroatoms. The number of halogens is 1. The van der Waals surface area contributed by atoms with Gasteiger partial charge < -0.3 is 9.80 Å². The van der Waals surface area contributed by atoms with E-state index in [2.05, 4.69) is 20.9 Å². The molecular weight excluding hydrogens is 395 g/mol. The van der Waals surface area contributed by atoms with E-state index in [1.165, 1.54) is 6.07 Å². The Bertz CT molecular complexity index is 1090. The molecule has 1 aliphatic carbocycles. The van der Waals surface area contributed by atoms with E-state index < -0.39 is 0 Å². The highest BCUT2D eigenvalue weighted by atomic mass is 19.1. The molecule has 3 heterocycles. The molecule has 0 unspecified atom stereocenters. The highest BCUT2D eigenvalue weighted by Crippen LogP contribution is 2.41. The SMILES string of the molecule is Cc1cc(-c2cc(C3CC3)n(CC(=O)N3CCN(c4ncccn4)CC3)n2)ccc1F. The molecule has 1 amide bonds. The zero-order valence-electron chi connectivity index (χ0n) is 17.5. The van der Waals surface area contributed by atoms with Gasteiger partial charge in [0, 0.05) is 55.7 Å². The van der Waals surface area contributed by atoms with Gasteiger partial charge >= 0.3 is 0 Å². The van der Waals surface area contributed by atoms with Gasteiger partial charge in [-0.25, -0.2) is 14.4 Å². The summed E-state index contributed by atoms with van der Waals surface area (Å²) in [6, 6.07) is 8.89. The maximum Gasteiger partial charge on any atom is 0.244 e. The van der Waals surface area contributed by atoms with Gasteiger partial charge in [0.2, 0.25) is 11.9 Å². The van der Waals surface area contributed by atoms with Gasteiger partial charge in [0.25, 0.3) is 0 Å². The van der Waals surface area contributed by atoms with E-state index in [1.54, 1.807) is 31.5 Å². The number of rotatable bonds is 5. The Morgan fingerprint density at radius 3 is 2.52 bits per heavy atom. The van der Waals surface area contributed by atoms with Gasteiger partial charge in [0.1, 0.15) is 12.4 Å². The van der Waals surface area contributed by atoms with E-state index in [4.69, 9.17) is 5.10 Å². The molecule has 0 bridgehead atoms. The van der Waals surface area contributed by atoms with Crippen molar-refractivity contribution in [1.29, 1.82) is 0 Å². The van der Waals surface area contributed by atoms with Crippen LogP contribution in [0.15, 0.2) is 42.7 Å². The molecule has 5 rings (SSSR count). The van der Waals surface area contributed by atoms with Gasteiger partial charge in [-0.1, -0.05) is 0 Å². The van der Waals surface area contributed by atoms with Crippen LogP contribution in [0.1, 0.15) is 30.0 Å². The van der Waals surface area contributed by atoms with Crippen molar-refractivity contribution >= 4 is 11.9 Å². The zero-order chi connectivity index (χ0) is 21.4. The minimum absolute atomic E-state index is 0.0699. The number of carbonyl (C=O) groups is 1. The molecular formula is C23H25FN6O. The second kappa shape index (κ2) is 8.09. The molecule has 1 aliphatic heterocycles. The van der Waals surface area contributed by atoms with Crippen LogP contribution in [-0.2, 0) is 11.3 Å². The predicted octanol–water partition coefficient (Wildman–Crippen LogP) is 3.01. The van der Waals surface area contributed by atoms with E-state index in [0.717, 1.165) is 29.8 Å². The lowest BCUT2D eigenvalue weighted by Crippen LogP contribution is -2.50. The van der Waals surface area contributed by atoms with Crippen molar-refractivity contribution in [2.45, 2.75) is 32.2 Å². The first-order valence-corrected chi connectivity index (χ1v) is 10.7. The molecule has 0 spiro atoms. The number of aromatic nitrogens is 4. The molecule has 1 saturated heterocycles. The van der Waals surface area contributed by atoms with Crippen LogP contribution in [0.3, 0.4) is 0 Å². The summed E-state index contributed by atoms with van der Waals surface area (Å²) >= 11 is 0. The van der Waals surface area contributed by atoms with Gasteiger partial charge in [0.15, 0.2) is 0 Å². The van der Waals surface area contributed by atoms with Crippen molar-refractivity contribution in [3.05, 3.63) is 59.8 Å². The lowest BCUT2D eigenvalue weighted by atomic mass is 10.1. The zero-order valence-corrected chi connectivity index (χ0v) is 17.5. The first-order chi connectivity index (χ1) is 15.1. The third kappa shape index (κ3) is 4.15. The fourth-order valence-corrected chi connectivity index (χ4v) is 4.05. The van der Waals surface area contributed by atoms with Crippen LogP contribution in [0, 0.1) is 12.7 Å². The van der Waals surface area contributed by atoms with Gasteiger partial charge in [0.05, 0.1) is 5.69 Å². The first kappa shape index (κ1) is 19.7. The summed E-state index contributed by atoms with van der Waals surface area (Å²) in [6.07, 6.45) is 5.71. The maximum absolute atomic E-state index is 13.7. The minimum Gasteiger partial charge on any atom is -0.338 e. The Balaban J connectivity index is 1.29. The standard InChI is InChI=1S/C23H25FN6O/c1-16-13-18(5-6-19(16)24)20-14-21(17-3-4-17)30(27-20)15-22(31)28-9-11-29(12-10-28)23-25-7-2-8-26-23/h2,5-8,13-14,17H,3-4,9-12,15H2,1H3. The number of hydrogen-bond acceptors (Lipinski definition) is 5. The largest absolute Gasteiger partial charge is 0.338 e.